The smallest absolute Gasteiger partial charge is 0.256 e. The lowest BCUT2D eigenvalue weighted by atomic mass is 10.1. The number of anilines is 2. The van der Waals surface area contributed by atoms with Crippen molar-refractivity contribution in [1.82, 2.24) is 4.90 Å². The van der Waals surface area contributed by atoms with Gasteiger partial charge in [0.2, 0.25) is 0 Å². The summed E-state index contributed by atoms with van der Waals surface area (Å²) in [4.78, 5) is 29.9. The molecule has 2 fully saturated rings. The number of hydrogen-bond acceptors (Lipinski definition) is 3. The zero-order chi connectivity index (χ0) is 19.5. The van der Waals surface area contributed by atoms with Crippen molar-refractivity contribution in [1.29, 1.82) is 0 Å². The number of benzene rings is 2. The number of nitrogens with one attached hydrogen (secondary N) is 1. The summed E-state index contributed by atoms with van der Waals surface area (Å²) >= 11 is 5.90. The van der Waals surface area contributed by atoms with E-state index in [1.54, 1.807) is 24.3 Å². The van der Waals surface area contributed by atoms with Gasteiger partial charge in [0, 0.05) is 48.1 Å². The molecule has 2 aliphatic rings. The van der Waals surface area contributed by atoms with Crippen molar-refractivity contribution in [2.24, 2.45) is 0 Å². The largest absolute Gasteiger partial charge is 0.371 e. The van der Waals surface area contributed by atoms with Crippen LogP contribution in [-0.4, -0.2) is 42.9 Å². The van der Waals surface area contributed by atoms with Crippen molar-refractivity contribution in [3.05, 3.63) is 58.6 Å². The fourth-order valence-corrected chi connectivity index (χ4v) is 4.04. The van der Waals surface area contributed by atoms with Gasteiger partial charge in [-0.3, -0.25) is 9.59 Å². The first-order valence-electron chi connectivity index (χ1n) is 9.87. The van der Waals surface area contributed by atoms with E-state index in [1.807, 2.05) is 23.1 Å². The molecule has 0 unspecified atom stereocenters. The second-order valence-electron chi connectivity index (χ2n) is 7.39. The SMILES string of the molecule is O=C(Nc1ccc(N2CCCC2)c(C(=O)N2CCCC2)c1)c1ccc(Cl)cc1. The van der Waals surface area contributed by atoms with Crippen LogP contribution in [0.25, 0.3) is 0 Å². The van der Waals surface area contributed by atoms with Crippen molar-refractivity contribution in [2.75, 3.05) is 36.4 Å². The second-order valence-corrected chi connectivity index (χ2v) is 7.82. The van der Waals surface area contributed by atoms with Crippen LogP contribution in [0.5, 0.6) is 0 Å². The van der Waals surface area contributed by atoms with Gasteiger partial charge < -0.3 is 15.1 Å². The van der Waals surface area contributed by atoms with Gasteiger partial charge in [0.05, 0.1) is 5.56 Å². The molecule has 0 spiro atoms. The van der Waals surface area contributed by atoms with Gasteiger partial charge in [-0.25, -0.2) is 0 Å². The predicted molar refractivity (Wildman–Crippen MR) is 112 cm³/mol. The zero-order valence-electron chi connectivity index (χ0n) is 15.8. The lowest BCUT2D eigenvalue weighted by molar-refractivity contribution is 0.0793. The van der Waals surface area contributed by atoms with Crippen molar-refractivity contribution >= 4 is 34.8 Å². The van der Waals surface area contributed by atoms with E-state index < -0.39 is 0 Å². The molecule has 0 aromatic heterocycles. The first-order chi connectivity index (χ1) is 13.6. The molecule has 0 radical (unpaired) electrons. The highest BCUT2D eigenvalue weighted by Gasteiger charge is 2.25. The third-order valence-corrected chi connectivity index (χ3v) is 5.68. The highest BCUT2D eigenvalue weighted by molar-refractivity contribution is 6.30. The molecule has 0 aliphatic carbocycles. The standard InChI is InChI=1S/C22H24ClN3O2/c23-17-7-5-16(6-8-17)21(27)24-18-9-10-20(25-11-1-2-12-25)19(15-18)22(28)26-13-3-4-14-26/h5-10,15H,1-4,11-14H2,(H,24,27). The average Bonchev–Trinajstić information content (AvgIpc) is 3.42. The maximum absolute atomic E-state index is 13.1. The average molecular weight is 398 g/mol. The molecule has 0 bridgehead atoms. The van der Waals surface area contributed by atoms with E-state index in [-0.39, 0.29) is 11.8 Å². The van der Waals surface area contributed by atoms with Crippen LogP contribution in [0, 0.1) is 0 Å². The quantitative estimate of drug-likeness (QED) is 0.830. The number of likely N-dealkylation sites (tertiary alicyclic amines) is 1. The molecule has 6 heteroatoms. The Labute approximate surface area is 170 Å². The minimum absolute atomic E-state index is 0.0574. The van der Waals surface area contributed by atoms with Gasteiger partial charge in [-0.2, -0.15) is 0 Å². The lowest BCUT2D eigenvalue weighted by Crippen LogP contribution is -2.30. The topological polar surface area (TPSA) is 52.7 Å². The molecule has 2 amide bonds. The molecule has 0 atom stereocenters. The zero-order valence-corrected chi connectivity index (χ0v) is 16.5. The Bertz CT molecular complexity index is 870. The number of hydrogen-bond donors (Lipinski definition) is 1. The van der Waals surface area contributed by atoms with Gasteiger partial charge in [-0.05, 0) is 68.1 Å². The molecular formula is C22H24ClN3O2. The summed E-state index contributed by atoms with van der Waals surface area (Å²) in [5.41, 5.74) is 2.81. The van der Waals surface area contributed by atoms with Crippen LogP contribution in [-0.2, 0) is 0 Å². The first-order valence-corrected chi connectivity index (χ1v) is 10.2. The highest BCUT2D eigenvalue weighted by Crippen LogP contribution is 2.29. The Hall–Kier alpha value is -2.53. The summed E-state index contributed by atoms with van der Waals surface area (Å²) in [5.74, 6) is -0.160. The Morgan fingerprint density at radius 1 is 0.857 bits per heavy atom. The molecule has 5 nitrogen and oxygen atoms in total. The van der Waals surface area contributed by atoms with Gasteiger partial charge in [0.1, 0.15) is 0 Å². The lowest BCUT2D eigenvalue weighted by Gasteiger charge is -2.24. The second kappa shape index (κ2) is 8.23. The molecule has 1 N–H and O–H groups in total. The van der Waals surface area contributed by atoms with Crippen LogP contribution in [0.15, 0.2) is 42.5 Å². The van der Waals surface area contributed by atoms with Crippen LogP contribution in [0.4, 0.5) is 11.4 Å². The fraction of sp³-hybridized carbons (Fsp3) is 0.364. The Morgan fingerprint density at radius 3 is 2.18 bits per heavy atom. The monoisotopic (exact) mass is 397 g/mol. The van der Waals surface area contributed by atoms with Gasteiger partial charge in [-0.1, -0.05) is 11.6 Å². The summed E-state index contributed by atoms with van der Waals surface area (Å²) in [5, 5.41) is 3.50. The Balaban J connectivity index is 1.61. The van der Waals surface area contributed by atoms with Crippen molar-refractivity contribution < 1.29 is 9.59 Å². The molecule has 146 valence electrons. The first kappa shape index (κ1) is 18.8. The fourth-order valence-electron chi connectivity index (χ4n) is 3.91. The number of nitrogens with zero attached hydrogens (tertiary/aromatic N) is 2. The number of carbonyl (C=O) groups excluding carboxylic acids is 2. The van der Waals surface area contributed by atoms with Gasteiger partial charge in [0.25, 0.3) is 11.8 Å². The van der Waals surface area contributed by atoms with E-state index in [4.69, 9.17) is 11.6 Å². The number of halogens is 1. The van der Waals surface area contributed by atoms with Crippen molar-refractivity contribution in [2.45, 2.75) is 25.7 Å². The van der Waals surface area contributed by atoms with Crippen LogP contribution in [0.2, 0.25) is 5.02 Å². The van der Waals surface area contributed by atoms with Crippen LogP contribution < -0.4 is 10.2 Å². The van der Waals surface area contributed by atoms with Gasteiger partial charge in [0.15, 0.2) is 0 Å². The van der Waals surface area contributed by atoms with Gasteiger partial charge in [-0.15, -0.1) is 0 Å². The van der Waals surface area contributed by atoms with Crippen LogP contribution in [0.3, 0.4) is 0 Å². The van der Waals surface area contributed by atoms with Gasteiger partial charge >= 0.3 is 0 Å². The predicted octanol–water partition coefficient (Wildman–Crippen LogP) is 4.43. The summed E-state index contributed by atoms with van der Waals surface area (Å²) in [6.07, 6.45) is 4.40. The van der Waals surface area contributed by atoms with E-state index in [0.717, 1.165) is 57.5 Å². The molecule has 0 saturated carbocycles. The third-order valence-electron chi connectivity index (χ3n) is 5.43. The number of carbonyl (C=O) groups is 2. The summed E-state index contributed by atoms with van der Waals surface area (Å²) in [7, 11) is 0. The molecule has 2 aromatic rings. The molecule has 2 aliphatic heterocycles. The van der Waals surface area contributed by atoms with Crippen molar-refractivity contribution in [3.8, 4) is 0 Å². The number of rotatable bonds is 4. The Morgan fingerprint density at radius 2 is 1.50 bits per heavy atom. The van der Waals surface area contributed by atoms with E-state index in [9.17, 15) is 9.59 Å². The van der Waals surface area contributed by atoms with E-state index >= 15 is 0 Å². The maximum Gasteiger partial charge on any atom is 0.256 e. The summed E-state index contributed by atoms with van der Waals surface area (Å²) < 4.78 is 0. The summed E-state index contributed by atoms with van der Waals surface area (Å²) in [6, 6.07) is 12.4. The third kappa shape index (κ3) is 3.99. The molecule has 2 aromatic carbocycles. The normalized spacial score (nSPS) is 16.5. The molecule has 28 heavy (non-hydrogen) atoms. The molecule has 2 saturated heterocycles. The van der Waals surface area contributed by atoms with E-state index in [0.29, 0.717) is 21.8 Å². The Kier molecular flexibility index (Phi) is 5.53. The number of amides is 2. The highest BCUT2D eigenvalue weighted by atomic mass is 35.5. The maximum atomic E-state index is 13.1. The molecule has 2 heterocycles. The summed E-state index contributed by atoms with van der Waals surface area (Å²) in [6.45, 7) is 3.55. The van der Waals surface area contributed by atoms with Crippen LogP contribution in [0.1, 0.15) is 46.4 Å². The van der Waals surface area contributed by atoms with E-state index in [1.165, 1.54) is 0 Å². The molecular weight excluding hydrogens is 374 g/mol. The molecule has 4 rings (SSSR count). The minimum Gasteiger partial charge on any atom is -0.371 e. The van der Waals surface area contributed by atoms with E-state index in [2.05, 4.69) is 10.2 Å². The van der Waals surface area contributed by atoms with Crippen molar-refractivity contribution in [3.63, 3.8) is 0 Å². The minimum atomic E-state index is -0.217. The van der Waals surface area contributed by atoms with Crippen LogP contribution >= 0.6 is 11.6 Å².